The smallest absolute Gasteiger partial charge is 0.241 e. The van der Waals surface area contributed by atoms with E-state index in [1.165, 1.54) is 20.9 Å². The van der Waals surface area contributed by atoms with Crippen LogP contribution in [-0.2, 0) is 0 Å². The minimum Gasteiger partial charge on any atom is -1.00 e. The van der Waals surface area contributed by atoms with Crippen molar-refractivity contribution < 1.29 is 21.5 Å². The van der Waals surface area contributed by atoms with Gasteiger partial charge in [-0.1, -0.05) is 49.1 Å². The number of halogens is 1. The maximum atomic E-state index is 2.31. The van der Waals surface area contributed by atoms with Crippen LogP contribution < -0.4 is 21.5 Å². The number of hydrogen-bond donors (Lipinski definition) is 0. The highest BCUT2D eigenvalue weighted by Gasteiger charge is 2.18. The molecule has 1 nitrogen and oxygen atoms in total. The summed E-state index contributed by atoms with van der Waals surface area (Å²) in [6.07, 6.45) is 0. The van der Waals surface area contributed by atoms with E-state index in [1.54, 1.807) is 0 Å². The van der Waals surface area contributed by atoms with Crippen molar-refractivity contribution >= 4 is 21.6 Å². The largest absolute Gasteiger partial charge is 1.00 e. The van der Waals surface area contributed by atoms with E-state index in [4.69, 9.17) is 0 Å². The van der Waals surface area contributed by atoms with Crippen LogP contribution in [0.2, 0.25) is 0 Å². The Kier molecular flexibility index (Phi) is 5.05. The van der Waals surface area contributed by atoms with Gasteiger partial charge in [0.1, 0.15) is 4.70 Å². The van der Waals surface area contributed by atoms with Crippen LogP contribution in [0.25, 0.3) is 15.9 Å². The van der Waals surface area contributed by atoms with Crippen LogP contribution in [0.3, 0.4) is 0 Å². The summed E-state index contributed by atoms with van der Waals surface area (Å²) in [5, 5.41) is 1.31. The molecule has 94 valence electrons. The third kappa shape index (κ3) is 2.47. The first-order valence-electron chi connectivity index (χ1n) is 5.32. The summed E-state index contributed by atoms with van der Waals surface area (Å²) < 4.78 is 3.64. The molecule has 18 heavy (non-hydrogen) atoms. The second-order valence-electron chi connectivity index (χ2n) is 3.76. The summed E-state index contributed by atoms with van der Waals surface area (Å²) in [6, 6.07) is 19.0. The Labute approximate surface area is 122 Å². The molecule has 0 N–H and O–H groups in total. The van der Waals surface area contributed by atoms with E-state index in [-0.39, 0.29) is 24.4 Å². The number of para-hydroxylation sites is 2. The first kappa shape index (κ1) is 14.9. The SMILES string of the molecule is C.Cc1sc2ccccc2[n+]1-c1ccccc1.[Br-]. The summed E-state index contributed by atoms with van der Waals surface area (Å²) in [5.74, 6) is 0. The van der Waals surface area contributed by atoms with Gasteiger partial charge in [-0.25, -0.2) is 0 Å². The molecule has 3 aromatic rings. The molecule has 0 bridgehead atoms. The van der Waals surface area contributed by atoms with Gasteiger partial charge < -0.3 is 17.0 Å². The predicted octanol–water partition coefficient (Wildman–Crippen LogP) is 1.13. The number of benzene rings is 2. The van der Waals surface area contributed by atoms with Crippen molar-refractivity contribution in [3.8, 4) is 5.69 Å². The minimum absolute atomic E-state index is 0. The summed E-state index contributed by atoms with van der Waals surface area (Å²) in [4.78, 5) is 0. The molecule has 1 heterocycles. The monoisotopic (exact) mass is 321 g/mol. The summed E-state index contributed by atoms with van der Waals surface area (Å²) in [5.41, 5.74) is 2.52. The second kappa shape index (κ2) is 6.12. The fraction of sp³-hybridized carbons (Fsp3) is 0.133. The first-order chi connectivity index (χ1) is 7.86. The molecule has 0 unspecified atom stereocenters. The van der Waals surface area contributed by atoms with Crippen molar-refractivity contribution in [1.82, 2.24) is 0 Å². The third-order valence-electron chi connectivity index (χ3n) is 2.69. The highest BCUT2D eigenvalue weighted by Crippen LogP contribution is 2.21. The molecule has 0 radical (unpaired) electrons. The lowest BCUT2D eigenvalue weighted by Gasteiger charge is -1.94. The van der Waals surface area contributed by atoms with Crippen LogP contribution in [0.5, 0.6) is 0 Å². The fourth-order valence-corrected chi connectivity index (χ4v) is 3.02. The van der Waals surface area contributed by atoms with Crippen molar-refractivity contribution in [2.45, 2.75) is 14.4 Å². The van der Waals surface area contributed by atoms with Crippen LogP contribution in [0.1, 0.15) is 12.4 Å². The quantitative estimate of drug-likeness (QED) is 0.592. The van der Waals surface area contributed by atoms with Gasteiger partial charge in [-0.15, -0.1) is 4.57 Å². The van der Waals surface area contributed by atoms with Crippen LogP contribution in [0.15, 0.2) is 54.6 Å². The van der Waals surface area contributed by atoms with Crippen LogP contribution in [-0.4, -0.2) is 0 Å². The molecular formula is C15H16BrNS. The molecule has 3 rings (SSSR count). The second-order valence-corrected chi connectivity index (χ2v) is 4.99. The Bertz CT molecular complexity index is 631. The number of nitrogens with zero attached hydrogens (tertiary/aromatic N) is 1. The van der Waals surface area contributed by atoms with Gasteiger partial charge in [-0.3, -0.25) is 0 Å². The van der Waals surface area contributed by atoms with Gasteiger partial charge in [0.25, 0.3) is 0 Å². The van der Waals surface area contributed by atoms with Crippen molar-refractivity contribution in [1.29, 1.82) is 0 Å². The van der Waals surface area contributed by atoms with Crippen LogP contribution in [0.4, 0.5) is 0 Å². The molecule has 0 fully saturated rings. The van der Waals surface area contributed by atoms with Gasteiger partial charge in [0, 0.05) is 25.1 Å². The molecule has 0 saturated carbocycles. The van der Waals surface area contributed by atoms with Gasteiger partial charge in [-0.2, -0.15) is 0 Å². The summed E-state index contributed by atoms with van der Waals surface area (Å²) >= 11 is 1.84. The zero-order valence-electron chi connectivity index (χ0n) is 9.43. The zero-order valence-corrected chi connectivity index (χ0v) is 11.8. The van der Waals surface area contributed by atoms with E-state index < -0.39 is 0 Å². The number of aromatic nitrogens is 1. The number of hydrogen-bond acceptors (Lipinski definition) is 1. The summed E-state index contributed by atoms with van der Waals surface area (Å²) in [6.45, 7) is 2.16. The van der Waals surface area contributed by atoms with Gasteiger partial charge in [-0.05, 0) is 6.07 Å². The van der Waals surface area contributed by atoms with Gasteiger partial charge in [0.05, 0.1) is 0 Å². The molecule has 0 saturated heterocycles. The normalized spacial score (nSPS) is 9.61. The molecule has 1 aromatic heterocycles. The van der Waals surface area contributed by atoms with E-state index in [9.17, 15) is 0 Å². The third-order valence-corrected chi connectivity index (χ3v) is 3.74. The van der Waals surface area contributed by atoms with Crippen molar-refractivity contribution in [3.63, 3.8) is 0 Å². The van der Waals surface area contributed by atoms with Gasteiger partial charge >= 0.3 is 0 Å². The van der Waals surface area contributed by atoms with E-state index in [2.05, 4.69) is 60.0 Å². The Hall–Kier alpha value is -1.19. The maximum absolute atomic E-state index is 2.31. The van der Waals surface area contributed by atoms with E-state index in [0.29, 0.717) is 0 Å². The maximum Gasteiger partial charge on any atom is 0.241 e. The predicted molar refractivity (Wildman–Crippen MR) is 74.8 cm³/mol. The molecule has 3 heteroatoms. The van der Waals surface area contributed by atoms with E-state index >= 15 is 0 Å². The lowest BCUT2D eigenvalue weighted by molar-refractivity contribution is -0.569. The lowest BCUT2D eigenvalue weighted by Crippen LogP contribution is -3.00. The highest BCUT2D eigenvalue weighted by molar-refractivity contribution is 7.18. The Balaban J connectivity index is 0.000000810. The average molecular weight is 322 g/mol. The Morgan fingerprint density at radius 3 is 2.22 bits per heavy atom. The van der Waals surface area contributed by atoms with Gasteiger partial charge in [0.2, 0.25) is 16.2 Å². The molecular weight excluding hydrogens is 306 g/mol. The zero-order chi connectivity index (χ0) is 11.0. The van der Waals surface area contributed by atoms with E-state index in [1.807, 2.05) is 17.4 Å². The highest BCUT2D eigenvalue weighted by atomic mass is 79.9. The Morgan fingerprint density at radius 2 is 1.50 bits per heavy atom. The molecule has 0 spiro atoms. The standard InChI is InChI=1S/C14H12NS.CH4.BrH/c1-11-15(12-7-3-2-4-8-12)13-9-5-6-10-14(13)16-11;;/h2-10H,1H3;1H4;1H/q+1;;/p-1. The topological polar surface area (TPSA) is 3.88 Å². The van der Waals surface area contributed by atoms with Crippen molar-refractivity contribution in [2.24, 2.45) is 0 Å². The molecule has 0 atom stereocenters. The van der Waals surface area contributed by atoms with Gasteiger partial charge in [0.15, 0.2) is 0 Å². The molecule has 2 aromatic carbocycles. The summed E-state index contributed by atoms with van der Waals surface area (Å²) in [7, 11) is 0. The molecule has 0 aliphatic rings. The lowest BCUT2D eigenvalue weighted by atomic mass is 10.3. The first-order valence-corrected chi connectivity index (χ1v) is 6.13. The van der Waals surface area contributed by atoms with E-state index in [0.717, 1.165) is 0 Å². The average Bonchev–Trinajstić information content (AvgIpc) is 2.66. The number of rotatable bonds is 1. The molecule has 0 aliphatic carbocycles. The number of thiazole rings is 1. The molecule has 0 aliphatic heterocycles. The number of fused-ring (bicyclic) bond motifs is 1. The van der Waals surface area contributed by atoms with Crippen LogP contribution in [0, 0.1) is 6.92 Å². The fourth-order valence-electron chi connectivity index (χ4n) is 2.00. The van der Waals surface area contributed by atoms with Crippen LogP contribution >= 0.6 is 11.3 Å². The number of aryl methyl sites for hydroxylation is 1. The molecule has 0 amide bonds. The van der Waals surface area contributed by atoms with Crippen molar-refractivity contribution in [3.05, 3.63) is 59.6 Å². The van der Waals surface area contributed by atoms with Crippen molar-refractivity contribution in [2.75, 3.05) is 0 Å². The minimum atomic E-state index is 0. The Morgan fingerprint density at radius 1 is 0.889 bits per heavy atom.